The number of nitrogens with zero attached hydrogens (tertiary/aromatic N) is 2. The van der Waals surface area contributed by atoms with Crippen LogP contribution in [-0.2, 0) is 14.3 Å². The van der Waals surface area contributed by atoms with E-state index in [1.165, 1.54) is 16.7 Å². The van der Waals surface area contributed by atoms with Crippen molar-refractivity contribution in [1.82, 2.24) is 9.80 Å². The first kappa shape index (κ1) is 14.6. The maximum absolute atomic E-state index is 12.0. The van der Waals surface area contributed by atoms with Crippen molar-refractivity contribution in [3.05, 3.63) is 0 Å². The molecule has 0 aromatic rings. The van der Waals surface area contributed by atoms with Crippen molar-refractivity contribution >= 4 is 23.6 Å². The number of ether oxygens (including phenoxy) is 1. The Morgan fingerprint density at radius 1 is 1.53 bits per heavy atom. The number of likely N-dealkylation sites (N-methyl/N-ethyl adjacent to an activating group) is 1. The highest BCUT2D eigenvalue weighted by atomic mass is 32.2. The van der Waals surface area contributed by atoms with Crippen LogP contribution in [0, 0.1) is 0 Å². The summed E-state index contributed by atoms with van der Waals surface area (Å²) in [6.45, 7) is 1.46. The Labute approximate surface area is 117 Å². The van der Waals surface area contributed by atoms with Crippen LogP contribution in [0.3, 0.4) is 0 Å². The molecule has 1 N–H and O–H groups in total. The van der Waals surface area contributed by atoms with Gasteiger partial charge in [-0.2, -0.15) is 0 Å². The highest BCUT2D eigenvalue weighted by molar-refractivity contribution is 8.00. The van der Waals surface area contributed by atoms with E-state index in [2.05, 4.69) is 0 Å². The molecule has 2 heterocycles. The van der Waals surface area contributed by atoms with Crippen LogP contribution in [-0.4, -0.2) is 77.3 Å². The van der Waals surface area contributed by atoms with Crippen LogP contribution >= 0.6 is 11.8 Å². The molecule has 0 spiro atoms. The summed E-state index contributed by atoms with van der Waals surface area (Å²) in [6.07, 6.45) is 1.09. The first-order chi connectivity index (χ1) is 9.00. The maximum atomic E-state index is 12.0. The summed E-state index contributed by atoms with van der Waals surface area (Å²) in [5.74, 6) is 0.918. The monoisotopic (exact) mass is 288 g/mol. The van der Waals surface area contributed by atoms with Gasteiger partial charge in [0, 0.05) is 39.6 Å². The zero-order chi connectivity index (χ0) is 13.9. The van der Waals surface area contributed by atoms with E-state index < -0.39 is 5.60 Å². The van der Waals surface area contributed by atoms with Gasteiger partial charge in [0.15, 0.2) is 0 Å². The zero-order valence-corrected chi connectivity index (χ0v) is 11.9. The Morgan fingerprint density at radius 2 is 2.21 bits per heavy atom. The number of carbonyl (C=O) groups excluding carboxylic acids is 2. The number of amides is 2. The average Bonchev–Trinajstić information content (AvgIpc) is 2.75. The van der Waals surface area contributed by atoms with E-state index in [9.17, 15) is 14.7 Å². The summed E-state index contributed by atoms with van der Waals surface area (Å²) >= 11 is 1.52. The number of carbonyl (C=O) groups is 2. The molecule has 7 heteroatoms. The van der Waals surface area contributed by atoms with Crippen molar-refractivity contribution in [3.8, 4) is 0 Å². The van der Waals surface area contributed by atoms with Gasteiger partial charge >= 0.3 is 0 Å². The van der Waals surface area contributed by atoms with E-state index in [0.717, 1.165) is 0 Å². The third-order valence-electron chi connectivity index (χ3n) is 3.53. The molecule has 2 fully saturated rings. The number of aliphatic hydroxyl groups is 1. The van der Waals surface area contributed by atoms with E-state index in [4.69, 9.17) is 4.74 Å². The van der Waals surface area contributed by atoms with Gasteiger partial charge in [0.25, 0.3) is 0 Å². The number of rotatable bonds is 4. The highest BCUT2D eigenvalue weighted by Crippen LogP contribution is 2.21. The van der Waals surface area contributed by atoms with Gasteiger partial charge in [0.05, 0.1) is 17.2 Å². The van der Waals surface area contributed by atoms with Crippen LogP contribution in [0.25, 0.3) is 0 Å². The fraction of sp³-hybridized carbons (Fsp3) is 0.833. The molecule has 2 aliphatic rings. The minimum Gasteiger partial charge on any atom is -0.388 e. The minimum atomic E-state index is -0.855. The van der Waals surface area contributed by atoms with Crippen LogP contribution in [0.2, 0.25) is 0 Å². The summed E-state index contributed by atoms with van der Waals surface area (Å²) in [5, 5.41) is 10.3. The predicted octanol–water partition coefficient (Wildman–Crippen LogP) is -0.481. The van der Waals surface area contributed by atoms with Crippen LogP contribution in [0.5, 0.6) is 0 Å². The molecule has 0 saturated carbocycles. The lowest BCUT2D eigenvalue weighted by Crippen LogP contribution is -2.49. The third kappa shape index (κ3) is 3.84. The van der Waals surface area contributed by atoms with Crippen molar-refractivity contribution < 1.29 is 19.4 Å². The molecule has 19 heavy (non-hydrogen) atoms. The Morgan fingerprint density at radius 3 is 2.79 bits per heavy atom. The van der Waals surface area contributed by atoms with E-state index in [0.29, 0.717) is 44.2 Å². The van der Waals surface area contributed by atoms with Crippen molar-refractivity contribution in [2.24, 2.45) is 0 Å². The summed E-state index contributed by atoms with van der Waals surface area (Å²) in [5.41, 5.74) is -0.855. The molecule has 0 aromatic carbocycles. The lowest BCUT2D eigenvalue weighted by molar-refractivity contribution is -0.141. The second-order valence-electron chi connectivity index (χ2n) is 5.16. The average molecular weight is 288 g/mol. The van der Waals surface area contributed by atoms with E-state index in [-0.39, 0.29) is 18.4 Å². The molecule has 0 radical (unpaired) electrons. The van der Waals surface area contributed by atoms with E-state index in [1.807, 2.05) is 0 Å². The van der Waals surface area contributed by atoms with Crippen molar-refractivity contribution in [2.45, 2.75) is 18.4 Å². The standard InChI is InChI=1S/C12H20N2O4S/c1-13(8-12(17)2-4-18-5-3-12)10(15)6-14-9-19-7-11(14)16/h17H,2-9H2,1H3. The van der Waals surface area contributed by atoms with E-state index in [1.54, 1.807) is 11.9 Å². The fourth-order valence-corrected chi connectivity index (χ4v) is 3.17. The Kier molecular flexibility index (Phi) is 4.70. The molecule has 2 rings (SSSR count). The number of thioether (sulfide) groups is 1. The van der Waals surface area contributed by atoms with Gasteiger partial charge in [0.1, 0.15) is 6.54 Å². The van der Waals surface area contributed by atoms with Gasteiger partial charge in [0.2, 0.25) is 11.8 Å². The molecule has 0 aliphatic carbocycles. The molecule has 0 unspecified atom stereocenters. The van der Waals surface area contributed by atoms with Crippen LogP contribution in [0.15, 0.2) is 0 Å². The smallest absolute Gasteiger partial charge is 0.242 e. The van der Waals surface area contributed by atoms with Gasteiger partial charge in [-0.3, -0.25) is 9.59 Å². The van der Waals surface area contributed by atoms with Crippen LogP contribution < -0.4 is 0 Å². The van der Waals surface area contributed by atoms with Crippen LogP contribution in [0.4, 0.5) is 0 Å². The van der Waals surface area contributed by atoms with Crippen LogP contribution in [0.1, 0.15) is 12.8 Å². The minimum absolute atomic E-state index is 0.0107. The number of hydrogen-bond donors (Lipinski definition) is 1. The molecule has 0 atom stereocenters. The molecule has 6 nitrogen and oxygen atoms in total. The lowest BCUT2D eigenvalue weighted by atomic mass is 9.94. The summed E-state index contributed by atoms with van der Waals surface area (Å²) in [7, 11) is 1.67. The van der Waals surface area contributed by atoms with Gasteiger partial charge in [-0.25, -0.2) is 0 Å². The fourth-order valence-electron chi connectivity index (χ4n) is 2.26. The Hall–Kier alpha value is -0.790. The van der Waals surface area contributed by atoms with Crippen molar-refractivity contribution in [3.63, 3.8) is 0 Å². The summed E-state index contributed by atoms with van der Waals surface area (Å²) in [4.78, 5) is 26.6. The van der Waals surface area contributed by atoms with E-state index >= 15 is 0 Å². The third-order valence-corrected chi connectivity index (χ3v) is 4.48. The molecular weight excluding hydrogens is 268 g/mol. The van der Waals surface area contributed by atoms with Crippen molar-refractivity contribution in [1.29, 1.82) is 0 Å². The molecule has 2 amide bonds. The Bertz CT molecular complexity index is 358. The molecule has 2 aliphatic heterocycles. The predicted molar refractivity (Wildman–Crippen MR) is 71.7 cm³/mol. The Balaban J connectivity index is 1.83. The molecular formula is C12H20N2O4S. The molecule has 2 saturated heterocycles. The zero-order valence-electron chi connectivity index (χ0n) is 11.1. The van der Waals surface area contributed by atoms with Gasteiger partial charge in [-0.15, -0.1) is 11.8 Å². The van der Waals surface area contributed by atoms with Gasteiger partial charge < -0.3 is 19.6 Å². The molecule has 0 bridgehead atoms. The summed E-state index contributed by atoms with van der Waals surface area (Å²) in [6, 6.07) is 0. The molecule has 0 aromatic heterocycles. The normalized spacial score (nSPS) is 22.6. The first-order valence-electron chi connectivity index (χ1n) is 6.40. The van der Waals surface area contributed by atoms with Gasteiger partial charge in [-0.1, -0.05) is 0 Å². The summed E-state index contributed by atoms with van der Waals surface area (Å²) < 4.78 is 5.21. The largest absolute Gasteiger partial charge is 0.388 e. The maximum Gasteiger partial charge on any atom is 0.242 e. The lowest BCUT2D eigenvalue weighted by Gasteiger charge is -2.35. The number of hydrogen-bond acceptors (Lipinski definition) is 5. The van der Waals surface area contributed by atoms with Crippen molar-refractivity contribution in [2.75, 3.05) is 45.0 Å². The first-order valence-corrected chi connectivity index (χ1v) is 7.55. The quantitative estimate of drug-likeness (QED) is 0.756. The molecule has 108 valence electrons. The highest BCUT2D eigenvalue weighted by Gasteiger charge is 2.33. The van der Waals surface area contributed by atoms with Gasteiger partial charge in [-0.05, 0) is 0 Å². The topological polar surface area (TPSA) is 70.1 Å². The second kappa shape index (κ2) is 6.11. The second-order valence-corrected chi connectivity index (χ2v) is 6.11. The SMILES string of the molecule is CN(CC1(O)CCOCC1)C(=O)CN1CSCC1=O.